The molecule has 2 aromatic rings. The molecule has 1 heterocycles. The summed E-state index contributed by atoms with van der Waals surface area (Å²) in [5.41, 5.74) is 0.624. The molecule has 1 aromatic heterocycles. The molecule has 0 fully saturated rings. The molecule has 0 amide bonds. The summed E-state index contributed by atoms with van der Waals surface area (Å²) < 4.78 is 18.6. The second-order valence-electron chi connectivity index (χ2n) is 3.89. The first-order valence-corrected chi connectivity index (χ1v) is 6.42. The number of rotatable bonds is 3. The second kappa shape index (κ2) is 5.72. The van der Waals surface area contributed by atoms with Gasteiger partial charge in [0.15, 0.2) is 0 Å². The lowest BCUT2D eigenvalue weighted by molar-refractivity contribution is 0.453. The van der Waals surface area contributed by atoms with Crippen molar-refractivity contribution < 1.29 is 9.13 Å². The molecule has 0 atom stereocenters. The number of hydrogen-bond donors (Lipinski definition) is 0. The van der Waals surface area contributed by atoms with Crippen LogP contribution in [0.4, 0.5) is 4.39 Å². The van der Waals surface area contributed by atoms with E-state index in [9.17, 15) is 4.39 Å². The van der Waals surface area contributed by atoms with Gasteiger partial charge in [-0.3, -0.25) is 0 Å². The van der Waals surface area contributed by atoms with Gasteiger partial charge < -0.3 is 4.74 Å². The third-order valence-electron chi connectivity index (χ3n) is 2.51. The molecule has 0 spiro atoms. The molecule has 2 rings (SSSR count). The fourth-order valence-corrected chi connectivity index (χ4v) is 1.77. The molecule has 1 aromatic carbocycles. The smallest absolute Gasteiger partial charge is 0.226 e. The maximum atomic E-state index is 13.1. The van der Waals surface area contributed by atoms with Crippen molar-refractivity contribution in [2.24, 2.45) is 0 Å². The maximum Gasteiger partial charge on any atom is 0.226 e. The largest absolute Gasteiger partial charge is 0.439 e. The summed E-state index contributed by atoms with van der Waals surface area (Å²) in [6.45, 7) is 3.67. The Hall–Kier alpha value is -1.39. The summed E-state index contributed by atoms with van der Waals surface area (Å²) >= 11 is 11.7. The normalized spacial score (nSPS) is 10.6. The molecule has 0 saturated heterocycles. The molecule has 0 radical (unpaired) electrons. The summed E-state index contributed by atoms with van der Waals surface area (Å²) in [7, 11) is 0. The molecule has 3 nitrogen and oxygen atoms in total. The number of halogens is 3. The highest BCUT2D eigenvalue weighted by atomic mass is 35.5. The molecule has 0 aliphatic heterocycles. The van der Waals surface area contributed by atoms with Gasteiger partial charge in [0.05, 0.1) is 5.02 Å². The predicted octanol–water partition coefficient (Wildman–Crippen LogP) is 4.59. The van der Waals surface area contributed by atoms with Crippen LogP contribution in [0.3, 0.4) is 0 Å². The SMILES string of the molecule is CCc1nc(Cl)c(C)c(Oc2ccc(F)c(Cl)c2)n1. The van der Waals surface area contributed by atoms with Gasteiger partial charge in [-0.2, -0.15) is 4.98 Å². The molecule has 0 N–H and O–H groups in total. The van der Waals surface area contributed by atoms with Crippen LogP contribution < -0.4 is 4.74 Å². The van der Waals surface area contributed by atoms with Gasteiger partial charge in [-0.25, -0.2) is 9.37 Å². The van der Waals surface area contributed by atoms with Crippen LogP contribution in [0.1, 0.15) is 18.3 Å². The van der Waals surface area contributed by atoms with Crippen molar-refractivity contribution in [2.75, 3.05) is 0 Å². The third kappa shape index (κ3) is 3.14. The van der Waals surface area contributed by atoms with E-state index in [1.807, 2.05) is 6.92 Å². The minimum absolute atomic E-state index is 0.00831. The molecule has 0 aliphatic carbocycles. The van der Waals surface area contributed by atoms with Crippen LogP contribution >= 0.6 is 23.2 Å². The molecule has 6 heteroatoms. The zero-order valence-electron chi connectivity index (χ0n) is 10.4. The van der Waals surface area contributed by atoms with Crippen LogP contribution in [-0.2, 0) is 6.42 Å². The van der Waals surface area contributed by atoms with Gasteiger partial charge >= 0.3 is 0 Å². The van der Waals surface area contributed by atoms with Gasteiger partial charge in [0, 0.05) is 18.1 Å². The van der Waals surface area contributed by atoms with Gasteiger partial charge in [0.1, 0.15) is 22.5 Å². The van der Waals surface area contributed by atoms with Crippen LogP contribution in [0.2, 0.25) is 10.2 Å². The first-order chi connectivity index (χ1) is 9.01. The van der Waals surface area contributed by atoms with Crippen LogP contribution in [0, 0.1) is 12.7 Å². The number of nitrogens with zero attached hydrogens (tertiary/aromatic N) is 2. The lowest BCUT2D eigenvalue weighted by atomic mass is 10.3. The first-order valence-electron chi connectivity index (χ1n) is 5.67. The van der Waals surface area contributed by atoms with Crippen LogP contribution in [-0.4, -0.2) is 9.97 Å². The van der Waals surface area contributed by atoms with E-state index in [2.05, 4.69) is 9.97 Å². The summed E-state index contributed by atoms with van der Waals surface area (Å²) in [6.07, 6.45) is 0.639. The zero-order chi connectivity index (χ0) is 14.0. The van der Waals surface area contributed by atoms with E-state index in [1.54, 1.807) is 6.92 Å². The monoisotopic (exact) mass is 300 g/mol. The van der Waals surface area contributed by atoms with E-state index in [-0.39, 0.29) is 5.02 Å². The minimum atomic E-state index is -0.499. The van der Waals surface area contributed by atoms with E-state index in [1.165, 1.54) is 18.2 Å². The number of aromatic nitrogens is 2. The fraction of sp³-hybridized carbons (Fsp3) is 0.231. The summed E-state index contributed by atoms with van der Waals surface area (Å²) in [5.74, 6) is 0.824. The molecule has 0 aliphatic rings. The Bertz CT molecular complexity index is 620. The highest BCUT2D eigenvalue weighted by Gasteiger charge is 2.11. The number of benzene rings is 1. The Morgan fingerprint density at radius 2 is 2.00 bits per heavy atom. The van der Waals surface area contributed by atoms with Crippen molar-refractivity contribution in [1.82, 2.24) is 9.97 Å². The summed E-state index contributed by atoms with van der Waals surface area (Å²) in [5, 5.41) is 0.334. The van der Waals surface area contributed by atoms with Crippen molar-refractivity contribution in [1.29, 1.82) is 0 Å². The van der Waals surface area contributed by atoms with Crippen molar-refractivity contribution in [2.45, 2.75) is 20.3 Å². The molecule has 19 heavy (non-hydrogen) atoms. The Balaban J connectivity index is 2.37. The molecular formula is C13H11Cl2FN2O. The van der Waals surface area contributed by atoms with Crippen LogP contribution in [0.15, 0.2) is 18.2 Å². The van der Waals surface area contributed by atoms with Crippen molar-refractivity contribution in [3.05, 3.63) is 45.6 Å². The van der Waals surface area contributed by atoms with Gasteiger partial charge in [-0.15, -0.1) is 0 Å². The average molecular weight is 301 g/mol. The molecular weight excluding hydrogens is 290 g/mol. The number of hydrogen-bond acceptors (Lipinski definition) is 3. The number of ether oxygens (including phenoxy) is 1. The quantitative estimate of drug-likeness (QED) is 0.778. The standard InChI is InChI=1S/C13H11Cl2FN2O/c1-3-11-17-12(15)7(2)13(18-11)19-8-4-5-10(16)9(14)6-8/h4-6H,3H2,1-2H3. The average Bonchev–Trinajstić information content (AvgIpc) is 2.39. The number of aryl methyl sites for hydroxylation is 1. The van der Waals surface area contributed by atoms with Crippen molar-refractivity contribution in [3.8, 4) is 11.6 Å². The topological polar surface area (TPSA) is 35.0 Å². The van der Waals surface area contributed by atoms with E-state index in [4.69, 9.17) is 27.9 Å². The first kappa shape index (κ1) is 14.0. The van der Waals surface area contributed by atoms with E-state index in [0.29, 0.717) is 34.6 Å². The van der Waals surface area contributed by atoms with E-state index >= 15 is 0 Å². The van der Waals surface area contributed by atoms with Gasteiger partial charge in [-0.1, -0.05) is 30.1 Å². The minimum Gasteiger partial charge on any atom is -0.439 e. The molecule has 100 valence electrons. The zero-order valence-corrected chi connectivity index (χ0v) is 11.9. The highest BCUT2D eigenvalue weighted by molar-refractivity contribution is 6.31. The van der Waals surface area contributed by atoms with E-state index < -0.39 is 5.82 Å². The Labute approximate surface area is 120 Å². The predicted molar refractivity (Wildman–Crippen MR) is 72.6 cm³/mol. The molecule has 0 saturated carbocycles. The fourth-order valence-electron chi connectivity index (χ4n) is 1.42. The molecule has 0 unspecified atom stereocenters. The van der Waals surface area contributed by atoms with Gasteiger partial charge in [0.25, 0.3) is 0 Å². The summed E-state index contributed by atoms with van der Waals surface area (Å²) in [4.78, 5) is 8.36. The Kier molecular flexibility index (Phi) is 4.22. The maximum absolute atomic E-state index is 13.1. The van der Waals surface area contributed by atoms with Crippen LogP contribution in [0.25, 0.3) is 0 Å². The van der Waals surface area contributed by atoms with Gasteiger partial charge in [-0.05, 0) is 19.1 Å². The summed E-state index contributed by atoms with van der Waals surface area (Å²) in [6, 6.07) is 4.09. The van der Waals surface area contributed by atoms with E-state index in [0.717, 1.165) is 0 Å². The molecule has 0 bridgehead atoms. The van der Waals surface area contributed by atoms with Gasteiger partial charge in [0.2, 0.25) is 5.88 Å². The lowest BCUT2D eigenvalue weighted by Crippen LogP contribution is -2.00. The Morgan fingerprint density at radius 3 is 2.63 bits per heavy atom. The van der Waals surface area contributed by atoms with Crippen LogP contribution in [0.5, 0.6) is 11.6 Å². The third-order valence-corrected chi connectivity index (χ3v) is 3.17. The second-order valence-corrected chi connectivity index (χ2v) is 4.66. The highest BCUT2D eigenvalue weighted by Crippen LogP contribution is 2.29. The van der Waals surface area contributed by atoms with Crippen molar-refractivity contribution >= 4 is 23.2 Å². The van der Waals surface area contributed by atoms with Crippen molar-refractivity contribution in [3.63, 3.8) is 0 Å². The Morgan fingerprint density at radius 1 is 1.26 bits per heavy atom. The lowest BCUT2D eigenvalue weighted by Gasteiger charge is -2.10.